The van der Waals surface area contributed by atoms with E-state index >= 15 is 0 Å². The molecule has 2 heterocycles. The summed E-state index contributed by atoms with van der Waals surface area (Å²) < 4.78 is 6.01. The van der Waals surface area contributed by atoms with Gasteiger partial charge in [0.15, 0.2) is 0 Å². The van der Waals surface area contributed by atoms with E-state index in [4.69, 9.17) is 10.5 Å². The Morgan fingerprint density at radius 1 is 1.19 bits per heavy atom. The van der Waals surface area contributed by atoms with Gasteiger partial charge >= 0.3 is 0 Å². The van der Waals surface area contributed by atoms with E-state index in [1.807, 2.05) is 0 Å². The van der Waals surface area contributed by atoms with Crippen molar-refractivity contribution in [3.63, 3.8) is 0 Å². The summed E-state index contributed by atoms with van der Waals surface area (Å²) in [7, 11) is 2.19. The summed E-state index contributed by atoms with van der Waals surface area (Å²) in [6.07, 6.45) is 0.989. The number of rotatable bonds is 2. The van der Waals surface area contributed by atoms with Gasteiger partial charge in [-0.15, -0.1) is 0 Å². The fourth-order valence-electron chi connectivity index (χ4n) is 3.70. The van der Waals surface area contributed by atoms with Crippen LogP contribution in [0.2, 0.25) is 0 Å². The molecule has 116 valence electrons. The van der Waals surface area contributed by atoms with Crippen molar-refractivity contribution in [3.8, 4) is 5.75 Å². The van der Waals surface area contributed by atoms with Crippen LogP contribution < -0.4 is 10.5 Å². The zero-order chi connectivity index (χ0) is 15.0. The second-order valence-corrected chi connectivity index (χ2v) is 6.51. The first kappa shape index (κ1) is 14.8. The van der Waals surface area contributed by atoms with Crippen molar-refractivity contribution < 1.29 is 4.74 Å². The molecule has 2 aliphatic heterocycles. The molecule has 0 aromatic heterocycles. The van der Waals surface area contributed by atoms with Crippen molar-refractivity contribution in [1.29, 1.82) is 0 Å². The molecule has 2 N–H and O–H groups in total. The third-order valence-electron chi connectivity index (χ3n) is 5.39. The Balaban J connectivity index is 2.03. The number of benzene rings is 1. The van der Waals surface area contributed by atoms with Crippen LogP contribution in [0.15, 0.2) is 12.1 Å². The third kappa shape index (κ3) is 2.35. The van der Waals surface area contributed by atoms with Gasteiger partial charge < -0.3 is 15.4 Å². The average molecular weight is 289 g/mol. The zero-order valence-corrected chi connectivity index (χ0v) is 13.5. The van der Waals surface area contributed by atoms with Crippen molar-refractivity contribution in [1.82, 2.24) is 9.80 Å². The van der Waals surface area contributed by atoms with Gasteiger partial charge in [-0.3, -0.25) is 4.90 Å². The topological polar surface area (TPSA) is 41.7 Å². The number of hydrogen-bond donors (Lipinski definition) is 1. The quantitative estimate of drug-likeness (QED) is 0.895. The summed E-state index contributed by atoms with van der Waals surface area (Å²) in [6.45, 7) is 10.1. The maximum atomic E-state index is 6.30. The first-order valence-electron chi connectivity index (χ1n) is 7.95. The summed E-state index contributed by atoms with van der Waals surface area (Å²) >= 11 is 0. The molecule has 1 unspecified atom stereocenters. The molecule has 0 bridgehead atoms. The molecule has 1 atom stereocenters. The highest BCUT2D eigenvalue weighted by molar-refractivity contribution is 5.50. The Morgan fingerprint density at radius 2 is 1.90 bits per heavy atom. The minimum Gasteiger partial charge on any atom is -0.493 e. The zero-order valence-electron chi connectivity index (χ0n) is 13.5. The van der Waals surface area contributed by atoms with Gasteiger partial charge in [0.05, 0.1) is 12.1 Å². The monoisotopic (exact) mass is 289 g/mol. The van der Waals surface area contributed by atoms with Crippen molar-refractivity contribution >= 4 is 0 Å². The normalized spacial score (nSPS) is 27.2. The lowest BCUT2D eigenvalue weighted by atomic mass is 9.80. The molecule has 4 heteroatoms. The molecule has 2 aliphatic rings. The Bertz CT molecular complexity index is 523. The lowest BCUT2D eigenvalue weighted by Crippen LogP contribution is -2.59. The number of nitrogens with zero attached hydrogens (tertiary/aromatic N) is 2. The van der Waals surface area contributed by atoms with Crippen molar-refractivity contribution in [2.75, 3.05) is 46.4 Å². The van der Waals surface area contributed by atoms with E-state index in [-0.39, 0.29) is 5.54 Å². The lowest BCUT2D eigenvalue weighted by Gasteiger charge is -2.49. The fourth-order valence-corrected chi connectivity index (χ4v) is 3.70. The maximum absolute atomic E-state index is 6.30. The van der Waals surface area contributed by atoms with Gasteiger partial charge in [0.1, 0.15) is 5.75 Å². The van der Waals surface area contributed by atoms with E-state index in [1.54, 1.807) is 0 Å². The van der Waals surface area contributed by atoms with Crippen LogP contribution in [0.5, 0.6) is 5.75 Å². The number of nitrogens with two attached hydrogens (primary N) is 1. The van der Waals surface area contributed by atoms with Crippen LogP contribution in [-0.2, 0) is 5.54 Å². The van der Waals surface area contributed by atoms with E-state index in [9.17, 15) is 0 Å². The number of hydrogen-bond acceptors (Lipinski definition) is 4. The highest BCUT2D eigenvalue weighted by Crippen LogP contribution is 2.43. The van der Waals surface area contributed by atoms with E-state index in [0.29, 0.717) is 6.54 Å². The van der Waals surface area contributed by atoms with Crippen molar-refractivity contribution in [3.05, 3.63) is 28.8 Å². The molecule has 0 saturated carbocycles. The molecule has 1 aromatic carbocycles. The highest BCUT2D eigenvalue weighted by Gasteiger charge is 2.43. The van der Waals surface area contributed by atoms with E-state index < -0.39 is 0 Å². The fraction of sp³-hybridized carbons (Fsp3) is 0.647. The number of likely N-dealkylation sites (N-methyl/N-ethyl adjacent to an activating group) is 1. The van der Waals surface area contributed by atoms with E-state index in [0.717, 1.165) is 45.0 Å². The molecule has 1 fully saturated rings. The molecule has 0 aliphatic carbocycles. The van der Waals surface area contributed by atoms with Gasteiger partial charge in [-0.05, 0) is 32.0 Å². The van der Waals surface area contributed by atoms with E-state index in [2.05, 4.69) is 42.8 Å². The summed E-state index contributed by atoms with van der Waals surface area (Å²) in [5.74, 6) is 1.07. The van der Waals surface area contributed by atoms with Crippen LogP contribution >= 0.6 is 0 Å². The van der Waals surface area contributed by atoms with Crippen LogP contribution in [-0.4, -0.2) is 56.2 Å². The Morgan fingerprint density at radius 3 is 2.57 bits per heavy atom. The molecular formula is C17H27N3O. The van der Waals surface area contributed by atoms with Gasteiger partial charge in [-0.2, -0.15) is 0 Å². The Hall–Kier alpha value is -1.10. The number of fused-ring (bicyclic) bond motifs is 1. The summed E-state index contributed by atoms with van der Waals surface area (Å²) in [5.41, 5.74) is 10.1. The minimum absolute atomic E-state index is 0.0483. The smallest absolute Gasteiger partial charge is 0.127 e. The Labute approximate surface area is 127 Å². The van der Waals surface area contributed by atoms with Gasteiger partial charge in [-0.25, -0.2) is 0 Å². The van der Waals surface area contributed by atoms with E-state index in [1.165, 1.54) is 16.7 Å². The molecule has 21 heavy (non-hydrogen) atoms. The molecule has 0 radical (unpaired) electrons. The molecule has 4 nitrogen and oxygen atoms in total. The first-order chi connectivity index (χ1) is 10.1. The minimum atomic E-state index is -0.0483. The second-order valence-electron chi connectivity index (χ2n) is 6.51. The van der Waals surface area contributed by atoms with Crippen LogP contribution in [0.25, 0.3) is 0 Å². The second kappa shape index (κ2) is 5.59. The van der Waals surface area contributed by atoms with Crippen LogP contribution in [0, 0.1) is 13.8 Å². The SMILES string of the molecule is Cc1ccc2c(c1C)OCCC2(CN)N1CCN(C)CC1. The standard InChI is InChI=1S/C17H27N3O/c1-13-4-5-15-16(14(13)2)21-11-6-17(15,12-18)20-9-7-19(3)8-10-20/h4-5H,6-12,18H2,1-3H3. The highest BCUT2D eigenvalue weighted by atomic mass is 16.5. The van der Waals surface area contributed by atoms with Gasteiger partial charge in [0.2, 0.25) is 0 Å². The molecule has 0 spiro atoms. The third-order valence-corrected chi connectivity index (χ3v) is 5.39. The molecule has 1 saturated heterocycles. The maximum Gasteiger partial charge on any atom is 0.127 e. The number of ether oxygens (including phenoxy) is 1. The summed E-state index contributed by atoms with van der Waals surface area (Å²) in [6, 6.07) is 4.45. The molecular weight excluding hydrogens is 262 g/mol. The average Bonchev–Trinajstić information content (AvgIpc) is 2.51. The largest absolute Gasteiger partial charge is 0.493 e. The van der Waals surface area contributed by atoms with Crippen LogP contribution in [0.1, 0.15) is 23.1 Å². The van der Waals surface area contributed by atoms with Crippen molar-refractivity contribution in [2.45, 2.75) is 25.8 Å². The molecule has 3 rings (SSSR count). The van der Waals surface area contributed by atoms with Crippen LogP contribution in [0.4, 0.5) is 0 Å². The van der Waals surface area contributed by atoms with Crippen LogP contribution in [0.3, 0.4) is 0 Å². The Kier molecular flexibility index (Phi) is 3.95. The molecule has 0 amide bonds. The van der Waals surface area contributed by atoms with Crippen molar-refractivity contribution in [2.24, 2.45) is 5.73 Å². The van der Waals surface area contributed by atoms with Gasteiger partial charge in [0.25, 0.3) is 0 Å². The van der Waals surface area contributed by atoms with Gasteiger partial charge in [0, 0.05) is 44.7 Å². The van der Waals surface area contributed by atoms with Gasteiger partial charge in [-0.1, -0.05) is 12.1 Å². The summed E-state index contributed by atoms with van der Waals surface area (Å²) in [4.78, 5) is 4.98. The summed E-state index contributed by atoms with van der Waals surface area (Å²) in [5, 5.41) is 0. The number of aryl methyl sites for hydroxylation is 1. The lowest BCUT2D eigenvalue weighted by molar-refractivity contribution is 0.0137. The first-order valence-corrected chi connectivity index (χ1v) is 7.95. The number of piperazine rings is 1. The predicted octanol–water partition coefficient (Wildman–Crippen LogP) is 1.49. The predicted molar refractivity (Wildman–Crippen MR) is 85.8 cm³/mol. The molecule has 1 aromatic rings.